The fraction of sp³-hybridized carbons (Fsp3) is 0.0769. The number of aryl methyl sites for hydroxylation is 1. The highest BCUT2D eigenvalue weighted by atomic mass is 19.2. The first kappa shape index (κ1) is 12.9. The second kappa shape index (κ2) is 5.01. The second-order valence-corrected chi connectivity index (χ2v) is 3.92. The van der Waals surface area contributed by atoms with Crippen LogP contribution in [0.5, 0.6) is 5.75 Å². The molecule has 0 aliphatic carbocycles. The van der Waals surface area contributed by atoms with Crippen molar-refractivity contribution in [1.29, 1.82) is 0 Å². The average molecular weight is 264 g/mol. The summed E-state index contributed by atoms with van der Waals surface area (Å²) in [6.07, 6.45) is 1.01. The second-order valence-electron chi connectivity index (χ2n) is 3.92. The Hall–Kier alpha value is -2.50. The first-order chi connectivity index (χ1) is 8.99. The van der Waals surface area contributed by atoms with E-state index in [1.54, 1.807) is 6.92 Å². The van der Waals surface area contributed by atoms with E-state index in [2.05, 4.69) is 10.3 Å². The summed E-state index contributed by atoms with van der Waals surface area (Å²) in [5.41, 5.74) is 0.572. The van der Waals surface area contributed by atoms with Crippen molar-refractivity contribution >= 4 is 11.6 Å². The third kappa shape index (κ3) is 2.67. The summed E-state index contributed by atoms with van der Waals surface area (Å²) < 4.78 is 26.3. The molecule has 1 heterocycles. The van der Waals surface area contributed by atoms with Crippen LogP contribution in [0.15, 0.2) is 30.5 Å². The van der Waals surface area contributed by atoms with Crippen molar-refractivity contribution in [3.63, 3.8) is 0 Å². The molecule has 0 radical (unpaired) electrons. The van der Waals surface area contributed by atoms with Gasteiger partial charge in [-0.2, -0.15) is 4.39 Å². The number of nitrogens with one attached hydrogen (secondary N) is 1. The van der Waals surface area contributed by atoms with Crippen molar-refractivity contribution in [2.24, 2.45) is 0 Å². The molecule has 0 unspecified atom stereocenters. The lowest BCUT2D eigenvalue weighted by atomic mass is 10.1. The summed E-state index contributed by atoms with van der Waals surface area (Å²) in [7, 11) is 0. The number of benzene rings is 1. The van der Waals surface area contributed by atoms with Crippen molar-refractivity contribution in [3.05, 3.63) is 53.4 Å². The zero-order valence-corrected chi connectivity index (χ0v) is 9.95. The molecule has 0 aliphatic heterocycles. The Balaban J connectivity index is 2.28. The van der Waals surface area contributed by atoms with Gasteiger partial charge >= 0.3 is 0 Å². The predicted molar refractivity (Wildman–Crippen MR) is 65.0 cm³/mol. The number of aromatic hydroxyl groups is 1. The zero-order chi connectivity index (χ0) is 14.0. The molecule has 98 valence electrons. The number of amides is 1. The monoisotopic (exact) mass is 264 g/mol. The van der Waals surface area contributed by atoms with E-state index in [9.17, 15) is 18.7 Å². The van der Waals surface area contributed by atoms with Gasteiger partial charge in [-0.3, -0.25) is 4.79 Å². The lowest BCUT2D eigenvalue weighted by molar-refractivity contribution is 0.102. The number of carbonyl (C=O) groups excluding carboxylic acids is 1. The molecule has 0 saturated heterocycles. The van der Waals surface area contributed by atoms with E-state index in [0.29, 0.717) is 11.3 Å². The van der Waals surface area contributed by atoms with Crippen LogP contribution in [0.4, 0.5) is 14.5 Å². The van der Waals surface area contributed by atoms with Crippen LogP contribution in [0.2, 0.25) is 0 Å². The van der Waals surface area contributed by atoms with E-state index < -0.39 is 23.2 Å². The molecule has 0 saturated carbocycles. The Morgan fingerprint density at radius 1 is 1.32 bits per heavy atom. The minimum atomic E-state index is -1.32. The molecule has 2 aromatic rings. The third-order valence-electron chi connectivity index (χ3n) is 2.55. The van der Waals surface area contributed by atoms with Crippen LogP contribution in [0.25, 0.3) is 0 Å². The molecule has 19 heavy (non-hydrogen) atoms. The standard InChI is InChI=1S/C13H10F2N2O2/c1-7-6-8(18)2-3-10(7)17-13(19)9-4-5-16-12(15)11(9)14/h2-6,18H,1H3,(H,17,19). The number of halogens is 2. The average Bonchev–Trinajstić information content (AvgIpc) is 2.36. The van der Waals surface area contributed by atoms with Gasteiger partial charge in [-0.15, -0.1) is 0 Å². The van der Waals surface area contributed by atoms with Gasteiger partial charge in [0, 0.05) is 11.9 Å². The molecule has 2 rings (SSSR count). The minimum Gasteiger partial charge on any atom is -0.508 e. The molecule has 0 bridgehead atoms. The topological polar surface area (TPSA) is 62.2 Å². The van der Waals surface area contributed by atoms with Crippen LogP contribution in [-0.4, -0.2) is 16.0 Å². The number of pyridine rings is 1. The van der Waals surface area contributed by atoms with E-state index in [4.69, 9.17) is 0 Å². The van der Waals surface area contributed by atoms with Crippen molar-refractivity contribution in [2.45, 2.75) is 6.92 Å². The van der Waals surface area contributed by atoms with E-state index in [-0.39, 0.29) is 5.75 Å². The maximum atomic E-state index is 13.4. The van der Waals surface area contributed by atoms with E-state index >= 15 is 0 Å². The molecule has 0 spiro atoms. The molecule has 1 aromatic heterocycles. The lowest BCUT2D eigenvalue weighted by Crippen LogP contribution is -2.15. The number of phenols is 1. The summed E-state index contributed by atoms with van der Waals surface area (Å²) >= 11 is 0. The molecule has 0 fully saturated rings. The van der Waals surface area contributed by atoms with Crippen LogP contribution >= 0.6 is 0 Å². The molecule has 1 amide bonds. The smallest absolute Gasteiger partial charge is 0.258 e. The molecular weight excluding hydrogens is 254 g/mol. The normalized spacial score (nSPS) is 10.3. The first-order valence-electron chi connectivity index (χ1n) is 5.40. The maximum Gasteiger partial charge on any atom is 0.258 e. The van der Waals surface area contributed by atoms with E-state index in [1.807, 2.05) is 0 Å². The zero-order valence-electron chi connectivity index (χ0n) is 9.95. The molecule has 1 aromatic carbocycles. The minimum absolute atomic E-state index is 0.0524. The Labute approximate surface area is 107 Å². The number of phenolic OH excluding ortho intramolecular Hbond substituents is 1. The Kier molecular flexibility index (Phi) is 3.41. The summed E-state index contributed by atoms with van der Waals surface area (Å²) in [6.45, 7) is 1.67. The van der Waals surface area contributed by atoms with Crippen LogP contribution in [-0.2, 0) is 0 Å². The van der Waals surface area contributed by atoms with Gasteiger partial charge in [0.1, 0.15) is 5.75 Å². The SMILES string of the molecule is Cc1cc(O)ccc1NC(=O)c1ccnc(F)c1F. The van der Waals surface area contributed by atoms with Crippen molar-refractivity contribution in [3.8, 4) is 5.75 Å². The summed E-state index contributed by atoms with van der Waals surface area (Å²) in [5.74, 6) is -3.35. The van der Waals surface area contributed by atoms with E-state index in [1.165, 1.54) is 18.2 Å². The predicted octanol–water partition coefficient (Wildman–Crippen LogP) is 2.63. The molecule has 4 nitrogen and oxygen atoms in total. The van der Waals surface area contributed by atoms with Gasteiger partial charge in [-0.05, 0) is 36.8 Å². The highest BCUT2D eigenvalue weighted by molar-refractivity contribution is 6.04. The van der Waals surface area contributed by atoms with Crippen LogP contribution < -0.4 is 5.32 Å². The summed E-state index contributed by atoms with van der Waals surface area (Å²) in [6, 6.07) is 5.38. The number of carbonyl (C=O) groups is 1. The number of rotatable bonds is 2. The molecule has 0 atom stereocenters. The Morgan fingerprint density at radius 3 is 2.74 bits per heavy atom. The highest BCUT2D eigenvalue weighted by Crippen LogP contribution is 2.21. The van der Waals surface area contributed by atoms with Gasteiger partial charge < -0.3 is 10.4 Å². The quantitative estimate of drug-likeness (QED) is 0.647. The number of hydrogen-bond acceptors (Lipinski definition) is 3. The van der Waals surface area contributed by atoms with Gasteiger partial charge in [0.2, 0.25) is 5.95 Å². The molecule has 2 N–H and O–H groups in total. The Morgan fingerprint density at radius 2 is 2.05 bits per heavy atom. The molecular formula is C13H10F2N2O2. The maximum absolute atomic E-state index is 13.4. The van der Waals surface area contributed by atoms with Gasteiger partial charge in [0.25, 0.3) is 5.91 Å². The first-order valence-corrected chi connectivity index (χ1v) is 5.40. The van der Waals surface area contributed by atoms with Crippen LogP contribution in [0.3, 0.4) is 0 Å². The lowest BCUT2D eigenvalue weighted by Gasteiger charge is -2.09. The summed E-state index contributed by atoms with van der Waals surface area (Å²) in [4.78, 5) is 14.9. The highest BCUT2D eigenvalue weighted by Gasteiger charge is 2.16. The molecule has 0 aliphatic rings. The fourth-order valence-corrected chi connectivity index (χ4v) is 1.57. The Bertz CT molecular complexity index is 645. The largest absolute Gasteiger partial charge is 0.508 e. The summed E-state index contributed by atoms with van der Waals surface area (Å²) in [5, 5.41) is 11.7. The molecule has 6 heteroatoms. The van der Waals surface area contributed by atoms with Crippen molar-refractivity contribution in [1.82, 2.24) is 4.98 Å². The van der Waals surface area contributed by atoms with Gasteiger partial charge in [-0.25, -0.2) is 9.37 Å². The number of aromatic nitrogens is 1. The van der Waals surface area contributed by atoms with Crippen LogP contribution in [0.1, 0.15) is 15.9 Å². The number of anilines is 1. The van der Waals surface area contributed by atoms with E-state index in [0.717, 1.165) is 12.3 Å². The third-order valence-corrected chi connectivity index (χ3v) is 2.55. The van der Waals surface area contributed by atoms with Crippen LogP contribution in [0, 0.1) is 18.7 Å². The van der Waals surface area contributed by atoms with Crippen molar-refractivity contribution < 1.29 is 18.7 Å². The van der Waals surface area contributed by atoms with Gasteiger partial charge in [-0.1, -0.05) is 0 Å². The number of hydrogen-bond donors (Lipinski definition) is 2. The van der Waals surface area contributed by atoms with Crippen molar-refractivity contribution in [2.75, 3.05) is 5.32 Å². The fourth-order valence-electron chi connectivity index (χ4n) is 1.57. The van der Waals surface area contributed by atoms with Gasteiger partial charge in [0.15, 0.2) is 5.82 Å². The number of nitrogens with zero attached hydrogens (tertiary/aromatic N) is 1. The van der Waals surface area contributed by atoms with Gasteiger partial charge in [0.05, 0.1) is 5.56 Å².